The molecule has 0 aliphatic rings. The van der Waals surface area contributed by atoms with Gasteiger partial charge < -0.3 is 18.9 Å². The van der Waals surface area contributed by atoms with E-state index in [1.807, 2.05) is 36.4 Å². The lowest BCUT2D eigenvalue weighted by atomic mass is 10.1. The summed E-state index contributed by atoms with van der Waals surface area (Å²) >= 11 is 0. The van der Waals surface area contributed by atoms with Crippen LogP contribution in [0.25, 0.3) is 11.1 Å². The van der Waals surface area contributed by atoms with Crippen LogP contribution in [0.4, 0.5) is 0 Å². The third-order valence-corrected chi connectivity index (χ3v) is 8.53. The molecule has 1 unspecified atom stereocenters. The highest BCUT2D eigenvalue weighted by Crippen LogP contribution is 2.26. The number of rotatable bonds is 25. The van der Waals surface area contributed by atoms with Gasteiger partial charge in [0.05, 0.1) is 12.2 Å². The van der Waals surface area contributed by atoms with Gasteiger partial charge in [0.1, 0.15) is 17.2 Å². The van der Waals surface area contributed by atoms with Crippen molar-refractivity contribution in [2.75, 3.05) is 13.2 Å². The fraction of sp³-hybridized carbons (Fsp3) is 0.524. The van der Waals surface area contributed by atoms with E-state index >= 15 is 0 Å². The monoisotopic (exact) mass is 658 g/mol. The highest BCUT2D eigenvalue weighted by atomic mass is 16.6. The first kappa shape index (κ1) is 38.8. The van der Waals surface area contributed by atoms with Gasteiger partial charge in [0.2, 0.25) is 0 Å². The fourth-order valence-electron chi connectivity index (χ4n) is 5.47. The lowest BCUT2D eigenvalue weighted by Crippen LogP contribution is -2.26. The minimum Gasteiger partial charge on any atom is -0.494 e. The molecule has 1 atom stereocenters. The number of carbonyl (C=O) groups is 2. The van der Waals surface area contributed by atoms with Gasteiger partial charge in [-0.25, -0.2) is 9.59 Å². The van der Waals surface area contributed by atoms with Crippen LogP contribution >= 0.6 is 0 Å². The average Bonchev–Trinajstić information content (AvgIpc) is 3.11. The molecule has 0 radical (unpaired) electrons. The standard InChI is InChI=1S/C42H58O6/c1-4-6-8-10-12-13-14-15-17-19-33-46-38-26-24-37(25-27-38)42(44)48-40-30-22-36(23-31-40)35-20-28-39(29-21-35)47-41(43)34(3)45-32-18-16-11-9-7-5-2/h20-31,34H,4-19,32-33H2,1-3H3. The second-order valence-corrected chi connectivity index (χ2v) is 12.7. The van der Waals surface area contributed by atoms with E-state index < -0.39 is 18.0 Å². The molecule has 0 saturated heterocycles. The molecule has 0 saturated carbocycles. The quantitative estimate of drug-likeness (QED) is 0.0512. The number of hydrogen-bond donors (Lipinski definition) is 0. The van der Waals surface area contributed by atoms with Crippen LogP contribution in [-0.4, -0.2) is 31.3 Å². The van der Waals surface area contributed by atoms with E-state index in [1.165, 1.54) is 83.5 Å². The van der Waals surface area contributed by atoms with Crippen molar-refractivity contribution in [1.29, 1.82) is 0 Å². The molecule has 3 rings (SSSR count). The van der Waals surface area contributed by atoms with Crippen molar-refractivity contribution in [3.05, 3.63) is 78.4 Å². The van der Waals surface area contributed by atoms with Crippen molar-refractivity contribution < 1.29 is 28.5 Å². The maximum atomic E-state index is 12.7. The van der Waals surface area contributed by atoms with Crippen LogP contribution in [0.1, 0.15) is 134 Å². The van der Waals surface area contributed by atoms with Gasteiger partial charge in [-0.2, -0.15) is 0 Å². The number of benzene rings is 3. The summed E-state index contributed by atoms with van der Waals surface area (Å²) in [6.45, 7) is 7.44. The Kier molecular flexibility index (Phi) is 19.1. The Labute approximate surface area is 289 Å². The van der Waals surface area contributed by atoms with Crippen LogP contribution in [0.2, 0.25) is 0 Å². The maximum Gasteiger partial charge on any atom is 0.343 e. The Morgan fingerprint density at radius 1 is 0.500 bits per heavy atom. The lowest BCUT2D eigenvalue weighted by molar-refractivity contribution is -0.146. The van der Waals surface area contributed by atoms with Gasteiger partial charge in [-0.15, -0.1) is 0 Å². The van der Waals surface area contributed by atoms with E-state index in [-0.39, 0.29) is 0 Å². The third-order valence-electron chi connectivity index (χ3n) is 8.53. The Morgan fingerprint density at radius 3 is 1.42 bits per heavy atom. The first-order valence-electron chi connectivity index (χ1n) is 18.5. The largest absolute Gasteiger partial charge is 0.494 e. The summed E-state index contributed by atoms with van der Waals surface area (Å²) in [4.78, 5) is 25.2. The number of esters is 2. The van der Waals surface area contributed by atoms with Crippen LogP contribution in [0, 0.1) is 0 Å². The number of hydrogen-bond acceptors (Lipinski definition) is 6. The maximum absolute atomic E-state index is 12.7. The van der Waals surface area contributed by atoms with Crippen LogP contribution in [0.5, 0.6) is 17.2 Å². The zero-order valence-electron chi connectivity index (χ0n) is 29.7. The number of unbranched alkanes of at least 4 members (excludes halogenated alkanes) is 14. The third kappa shape index (κ3) is 15.5. The number of ether oxygens (including phenoxy) is 4. The molecule has 0 aromatic heterocycles. The highest BCUT2D eigenvalue weighted by Gasteiger charge is 2.16. The molecule has 0 N–H and O–H groups in total. The van der Waals surface area contributed by atoms with E-state index in [9.17, 15) is 9.59 Å². The predicted octanol–water partition coefficient (Wildman–Crippen LogP) is 11.5. The van der Waals surface area contributed by atoms with Crippen LogP contribution in [0.3, 0.4) is 0 Å². The Bertz CT molecular complexity index is 1280. The first-order chi connectivity index (χ1) is 23.5. The molecule has 262 valence electrons. The normalized spacial score (nSPS) is 11.6. The molecule has 0 aliphatic carbocycles. The van der Waals surface area contributed by atoms with Crippen LogP contribution in [0.15, 0.2) is 72.8 Å². The molecule has 0 heterocycles. The zero-order valence-corrected chi connectivity index (χ0v) is 29.7. The van der Waals surface area contributed by atoms with Crippen LogP contribution in [-0.2, 0) is 9.53 Å². The summed E-state index contributed by atoms with van der Waals surface area (Å²) in [6, 6.07) is 21.8. The van der Waals surface area contributed by atoms with Gasteiger partial charge in [-0.1, -0.05) is 128 Å². The minimum absolute atomic E-state index is 0.397. The number of carbonyl (C=O) groups excluding carboxylic acids is 2. The zero-order chi connectivity index (χ0) is 34.2. The molecule has 6 heteroatoms. The van der Waals surface area contributed by atoms with Gasteiger partial charge in [0.15, 0.2) is 6.10 Å². The second kappa shape index (κ2) is 23.6. The van der Waals surface area contributed by atoms with E-state index in [1.54, 1.807) is 43.3 Å². The van der Waals surface area contributed by atoms with Crippen molar-refractivity contribution in [3.63, 3.8) is 0 Å². The summed E-state index contributed by atoms with van der Waals surface area (Å²) in [5.74, 6) is 0.885. The summed E-state index contributed by atoms with van der Waals surface area (Å²) in [6.07, 6.45) is 19.4. The molecular formula is C42H58O6. The van der Waals surface area contributed by atoms with Gasteiger partial charge in [-0.05, 0) is 79.4 Å². The summed E-state index contributed by atoms with van der Waals surface area (Å²) in [5, 5.41) is 0. The molecule has 6 nitrogen and oxygen atoms in total. The summed E-state index contributed by atoms with van der Waals surface area (Å²) < 4.78 is 22.7. The fourth-order valence-corrected chi connectivity index (χ4v) is 5.47. The lowest BCUT2D eigenvalue weighted by Gasteiger charge is -2.13. The molecule has 3 aromatic carbocycles. The van der Waals surface area contributed by atoms with Gasteiger partial charge >= 0.3 is 11.9 Å². The molecule has 0 bridgehead atoms. The molecule has 3 aromatic rings. The van der Waals surface area contributed by atoms with E-state index in [2.05, 4.69) is 13.8 Å². The molecule has 48 heavy (non-hydrogen) atoms. The molecular weight excluding hydrogens is 600 g/mol. The predicted molar refractivity (Wildman–Crippen MR) is 195 cm³/mol. The smallest absolute Gasteiger partial charge is 0.343 e. The van der Waals surface area contributed by atoms with Crippen molar-refractivity contribution in [3.8, 4) is 28.4 Å². The Hall–Kier alpha value is -3.64. The second-order valence-electron chi connectivity index (χ2n) is 12.7. The van der Waals surface area contributed by atoms with Crippen molar-refractivity contribution in [1.82, 2.24) is 0 Å². The minimum atomic E-state index is -0.610. The first-order valence-corrected chi connectivity index (χ1v) is 18.5. The Morgan fingerprint density at radius 2 is 0.917 bits per heavy atom. The van der Waals surface area contributed by atoms with Gasteiger partial charge in [-0.3, -0.25) is 0 Å². The SMILES string of the molecule is CCCCCCCCCCCCOc1ccc(C(=O)Oc2ccc(-c3ccc(OC(=O)C(C)OCCCCCCCC)cc3)cc2)cc1. The highest BCUT2D eigenvalue weighted by molar-refractivity contribution is 5.91. The molecule has 0 aliphatic heterocycles. The summed E-state index contributed by atoms with van der Waals surface area (Å²) in [5.41, 5.74) is 2.37. The average molecular weight is 659 g/mol. The van der Waals surface area contributed by atoms with Crippen molar-refractivity contribution in [2.24, 2.45) is 0 Å². The van der Waals surface area contributed by atoms with Gasteiger partial charge in [0.25, 0.3) is 0 Å². The molecule has 0 amide bonds. The topological polar surface area (TPSA) is 71.1 Å². The van der Waals surface area contributed by atoms with Crippen molar-refractivity contribution >= 4 is 11.9 Å². The molecule has 0 spiro atoms. The van der Waals surface area contributed by atoms with Crippen molar-refractivity contribution in [2.45, 2.75) is 130 Å². The van der Waals surface area contributed by atoms with Crippen LogP contribution < -0.4 is 14.2 Å². The van der Waals surface area contributed by atoms with E-state index in [0.29, 0.717) is 30.3 Å². The molecule has 0 fully saturated rings. The Balaban J connectivity index is 1.33. The van der Waals surface area contributed by atoms with E-state index in [0.717, 1.165) is 36.1 Å². The van der Waals surface area contributed by atoms with Gasteiger partial charge in [0, 0.05) is 6.61 Å². The van der Waals surface area contributed by atoms with E-state index in [4.69, 9.17) is 18.9 Å². The summed E-state index contributed by atoms with van der Waals surface area (Å²) in [7, 11) is 0.